The zero-order chi connectivity index (χ0) is 35.2. The Morgan fingerprint density at radius 3 is 2.29 bits per heavy atom. The maximum atomic E-state index is 16.6. The highest BCUT2D eigenvalue weighted by Gasteiger charge is 2.51. The van der Waals surface area contributed by atoms with Gasteiger partial charge in [0.1, 0.15) is 40.2 Å². The number of ketones is 1. The molecular formula is C37H33F3N4O5. The summed E-state index contributed by atoms with van der Waals surface area (Å²) >= 11 is 0. The van der Waals surface area contributed by atoms with Crippen LogP contribution in [-0.2, 0) is 10.2 Å². The van der Waals surface area contributed by atoms with Gasteiger partial charge in [-0.05, 0) is 93.4 Å². The Bertz CT molecular complexity index is 2100. The summed E-state index contributed by atoms with van der Waals surface area (Å²) in [5, 5.41) is 2.34. The molecule has 3 heterocycles. The third-order valence-corrected chi connectivity index (χ3v) is 8.49. The molecule has 49 heavy (non-hydrogen) atoms. The summed E-state index contributed by atoms with van der Waals surface area (Å²) in [5.41, 5.74) is -1.29. The van der Waals surface area contributed by atoms with E-state index in [1.165, 1.54) is 73.7 Å². The Kier molecular flexibility index (Phi) is 8.51. The normalized spacial score (nSPS) is 14.0. The summed E-state index contributed by atoms with van der Waals surface area (Å²) in [6, 6.07) is 12.2. The van der Waals surface area contributed by atoms with E-state index >= 15 is 8.78 Å². The average molecular weight is 671 g/mol. The number of carbonyl (C=O) groups excluding carboxylic acids is 3. The van der Waals surface area contributed by atoms with Crippen molar-refractivity contribution in [2.24, 2.45) is 0 Å². The van der Waals surface area contributed by atoms with Crippen LogP contribution in [-0.4, -0.2) is 58.4 Å². The van der Waals surface area contributed by atoms with E-state index in [1.54, 1.807) is 26.8 Å². The van der Waals surface area contributed by atoms with Crippen molar-refractivity contribution < 1.29 is 36.7 Å². The topological polar surface area (TPSA) is 115 Å². The van der Waals surface area contributed by atoms with Crippen LogP contribution < -0.4 is 5.32 Å². The summed E-state index contributed by atoms with van der Waals surface area (Å²) in [7, 11) is 1.38. The number of hydrogen-bond acceptors (Lipinski definition) is 7. The molecule has 1 saturated heterocycles. The monoisotopic (exact) mass is 670 g/mol. The quantitative estimate of drug-likeness (QED) is 0.180. The first-order valence-corrected chi connectivity index (χ1v) is 15.5. The molecule has 0 aliphatic carbocycles. The molecule has 2 aromatic heterocycles. The third-order valence-electron chi connectivity index (χ3n) is 8.49. The van der Waals surface area contributed by atoms with Crippen molar-refractivity contribution in [1.29, 1.82) is 0 Å². The van der Waals surface area contributed by atoms with Gasteiger partial charge in [-0.15, -0.1) is 0 Å². The van der Waals surface area contributed by atoms with Crippen molar-refractivity contribution in [2.75, 3.05) is 20.1 Å². The third kappa shape index (κ3) is 6.26. The molecule has 1 aliphatic rings. The van der Waals surface area contributed by atoms with E-state index in [-0.39, 0.29) is 64.1 Å². The number of likely N-dealkylation sites (tertiary alicyclic amines) is 1. The number of carbonyl (C=O) groups is 3. The Morgan fingerprint density at radius 1 is 0.980 bits per heavy atom. The van der Waals surface area contributed by atoms with E-state index in [0.717, 1.165) is 6.07 Å². The number of amides is 2. The van der Waals surface area contributed by atoms with Crippen LogP contribution >= 0.6 is 0 Å². The molecule has 0 spiro atoms. The lowest BCUT2D eigenvalue weighted by molar-refractivity contribution is -0.0127. The van der Waals surface area contributed by atoms with E-state index in [0.29, 0.717) is 11.4 Å². The number of ether oxygens (including phenoxy) is 1. The highest BCUT2D eigenvalue weighted by Crippen LogP contribution is 2.41. The number of aromatic nitrogens is 2. The van der Waals surface area contributed by atoms with E-state index in [4.69, 9.17) is 9.15 Å². The number of nitrogens with zero attached hydrogens (tertiary/aromatic N) is 3. The molecule has 12 heteroatoms. The first-order chi connectivity index (χ1) is 23.2. The van der Waals surface area contributed by atoms with Crippen molar-refractivity contribution in [3.8, 4) is 22.5 Å². The van der Waals surface area contributed by atoms with Crippen LogP contribution in [0.25, 0.3) is 33.4 Å². The molecule has 5 aromatic rings. The van der Waals surface area contributed by atoms with Crippen molar-refractivity contribution in [3.05, 3.63) is 107 Å². The minimum atomic E-state index is -0.961. The van der Waals surface area contributed by atoms with Gasteiger partial charge in [0, 0.05) is 55.6 Å². The van der Waals surface area contributed by atoms with E-state index in [2.05, 4.69) is 15.3 Å². The predicted octanol–water partition coefficient (Wildman–Crippen LogP) is 7.40. The maximum Gasteiger partial charge on any atom is 0.410 e. The molecule has 0 atom stereocenters. The second kappa shape index (κ2) is 12.5. The van der Waals surface area contributed by atoms with Gasteiger partial charge >= 0.3 is 6.09 Å². The molecule has 0 radical (unpaired) electrons. The number of hydrogen-bond donors (Lipinski definition) is 1. The number of fused-ring (bicyclic) bond motifs is 1. The minimum Gasteiger partial charge on any atom is -0.455 e. The van der Waals surface area contributed by atoms with Gasteiger partial charge in [-0.1, -0.05) is 0 Å². The standard InChI is InChI=1S/C37H33F3N4O5/c1-20-25(24-11-12-28-29(31(24)40)30(33(46)41-5)32(48-28)21-7-9-23(38)10-8-21)15-22(16-26(20)39)27(45)17-37(34-42-13-6-14-43-34)18-44(19-37)35(47)49-36(2,3)4/h6-16H,17-19H2,1-5H3,(H,41,46). The van der Waals surface area contributed by atoms with Crippen molar-refractivity contribution >= 4 is 28.8 Å². The summed E-state index contributed by atoms with van der Waals surface area (Å²) in [6.45, 7) is 6.92. The molecule has 0 bridgehead atoms. The van der Waals surface area contributed by atoms with Gasteiger partial charge < -0.3 is 19.4 Å². The molecule has 1 N–H and O–H groups in total. The first kappa shape index (κ1) is 33.4. The van der Waals surface area contributed by atoms with Gasteiger partial charge in [0.15, 0.2) is 5.78 Å². The Hall–Kier alpha value is -5.52. The molecule has 2 amide bonds. The Balaban J connectivity index is 1.39. The van der Waals surface area contributed by atoms with Gasteiger partial charge in [-0.3, -0.25) is 9.59 Å². The highest BCUT2D eigenvalue weighted by atomic mass is 19.1. The number of benzene rings is 3. The van der Waals surface area contributed by atoms with Crippen LogP contribution in [0.3, 0.4) is 0 Å². The molecule has 6 rings (SSSR count). The van der Waals surface area contributed by atoms with E-state index in [9.17, 15) is 18.8 Å². The fourth-order valence-electron chi connectivity index (χ4n) is 6.08. The fourth-order valence-corrected chi connectivity index (χ4v) is 6.08. The molecule has 252 valence electrons. The molecule has 3 aromatic carbocycles. The van der Waals surface area contributed by atoms with Crippen molar-refractivity contribution in [2.45, 2.75) is 45.1 Å². The van der Waals surface area contributed by atoms with Crippen LogP contribution in [0.4, 0.5) is 18.0 Å². The molecule has 9 nitrogen and oxygen atoms in total. The summed E-state index contributed by atoms with van der Waals surface area (Å²) in [5.74, 6) is -2.82. The van der Waals surface area contributed by atoms with E-state index in [1.807, 2.05) is 0 Å². The van der Waals surface area contributed by atoms with Gasteiger partial charge in [-0.25, -0.2) is 27.9 Å². The number of furan rings is 1. The van der Waals surface area contributed by atoms with Gasteiger partial charge in [0.2, 0.25) is 0 Å². The van der Waals surface area contributed by atoms with Gasteiger partial charge in [0.05, 0.1) is 16.4 Å². The minimum absolute atomic E-state index is 0.0191. The summed E-state index contributed by atoms with van der Waals surface area (Å²) < 4.78 is 57.2. The zero-order valence-corrected chi connectivity index (χ0v) is 27.5. The van der Waals surface area contributed by atoms with E-state index < -0.39 is 46.3 Å². The molecule has 1 aliphatic heterocycles. The van der Waals surface area contributed by atoms with Gasteiger partial charge in [-0.2, -0.15) is 0 Å². The second-order valence-corrected chi connectivity index (χ2v) is 13.1. The molecule has 0 saturated carbocycles. The molecular weight excluding hydrogens is 637 g/mol. The zero-order valence-electron chi connectivity index (χ0n) is 27.5. The largest absolute Gasteiger partial charge is 0.455 e. The predicted molar refractivity (Wildman–Crippen MR) is 176 cm³/mol. The van der Waals surface area contributed by atoms with Crippen molar-refractivity contribution in [1.82, 2.24) is 20.2 Å². The van der Waals surface area contributed by atoms with Crippen LogP contribution in [0.5, 0.6) is 0 Å². The maximum absolute atomic E-state index is 16.6. The van der Waals surface area contributed by atoms with Crippen molar-refractivity contribution in [3.63, 3.8) is 0 Å². The SMILES string of the molecule is CNC(=O)c1c(-c2ccc(F)cc2)oc2ccc(-c3cc(C(=O)CC4(c5ncccn5)CN(C(=O)OC(C)(C)C)C4)cc(F)c3C)c(F)c12. The van der Waals surface area contributed by atoms with Gasteiger partial charge in [0.25, 0.3) is 5.91 Å². The average Bonchev–Trinajstić information content (AvgIpc) is 3.44. The van der Waals surface area contributed by atoms with Crippen LogP contribution in [0.15, 0.2) is 71.4 Å². The highest BCUT2D eigenvalue weighted by molar-refractivity contribution is 6.12. The summed E-state index contributed by atoms with van der Waals surface area (Å²) in [4.78, 5) is 49.9. The first-order valence-electron chi connectivity index (χ1n) is 15.5. The van der Waals surface area contributed by atoms with Crippen LogP contribution in [0.1, 0.15) is 59.3 Å². The van der Waals surface area contributed by atoms with Crippen LogP contribution in [0.2, 0.25) is 0 Å². The lowest BCUT2D eigenvalue weighted by Gasteiger charge is -2.48. The lowest BCUT2D eigenvalue weighted by atomic mass is 9.73. The summed E-state index contributed by atoms with van der Waals surface area (Å²) in [6.07, 6.45) is 2.37. The number of rotatable bonds is 7. The smallest absolute Gasteiger partial charge is 0.410 e. The Labute approximate surface area is 280 Å². The molecule has 1 fully saturated rings. The lowest BCUT2D eigenvalue weighted by Crippen LogP contribution is -2.63. The Morgan fingerprint density at radius 2 is 1.65 bits per heavy atom. The van der Waals surface area contributed by atoms with Crippen LogP contribution in [0, 0.1) is 24.4 Å². The number of Topliss-reactive ketones (excluding diaryl/α,β-unsaturated/α-hetero) is 1. The number of nitrogens with one attached hydrogen (secondary N) is 1. The molecule has 0 unspecified atom stereocenters. The second-order valence-electron chi connectivity index (χ2n) is 13.1. The number of halogens is 3. The fraction of sp³-hybridized carbons (Fsp3) is 0.270.